The van der Waals surface area contributed by atoms with Crippen LogP contribution in [0.2, 0.25) is 0 Å². The third kappa shape index (κ3) is 2.55. The molecule has 1 fully saturated rings. The Bertz CT molecular complexity index is 461. The molecule has 1 aromatic heterocycles. The number of hydrogen-bond acceptors (Lipinski definition) is 2. The van der Waals surface area contributed by atoms with Gasteiger partial charge in [0.05, 0.1) is 0 Å². The summed E-state index contributed by atoms with van der Waals surface area (Å²) >= 11 is 0. The van der Waals surface area contributed by atoms with Crippen molar-refractivity contribution < 1.29 is 18.0 Å². The van der Waals surface area contributed by atoms with Crippen molar-refractivity contribution in [3.63, 3.8) is 0 Å². The summed E-state index contributed by atoms with van der Waals surface area (Å²) < 4.78 is 37.4. The van der Waals surface area contributed by atoms with E-state index in [0.29, 0.717) is 5.69 Å². The van der Waals surface area contributed by atoms with Crippen molar-refractivity contribution in [1.82, 2.24) is 9.88 Å². The van der Waals surface area contributed by atoms with Crippen molar-refractivity contribution in [3.05, 3.63) is 23.9 Å². The van der Waals surface area contributed by atoms with Crippen molar-refractivity contribution in [2.24, 2.45) is 0 Å². The Balaban J connectivity index is 2.01. The van der Waals surface area contributed by atoms with Crippen LogP contribution in [0.1, 0.15) is 12.1 Å². The summed E-state index contributed by atoms with van der Waals surface area (Å²) in [6.45, 7) is 1.85. The first-order valence-corrected chi connectivity index (χ1v) is 5.46. The normalized spacial score (nSPS) is 19.3. The van der Waals surface area contributed by atoms with Crippen LogP contribution in [0.25, 0.3) is 0 Å². The number of carbonyl (C=O) groups is 1. The fourth-order valence-corrected chi connectivity index (χ4v) is 1.76. The van der Waals surface area contributed by atoms with Gasteiger partial charge in [-0.3, -0.25) is 5.32 Å². The number of hydrogen-bond donors (Lipinski definition) is 1. The van der Waals surface area contributed by atoms with E-state index in [1.54, 1.807) is 19.1 Å². The van der Waals surface area contributed by atoms with E-state index < -0.39 is 18.2 Å². The van der Waals surface area contributed by atoms with Gasteiger partial charge in [-0.1, -0.05) is 6.07 Å². The molecule has 0 radical (unpaired) electrons. The second-order valence-electron chi connectivity index (χ2n) is 4.13. The molecule has 1 atom stereocenters. The fraction of sp³-hybridized carbons (Fsp3) is 0.455. The number of amides is 2. The number of halogens is 3. The largest absolute Gasteiger partial charge is 0.408 e. The van der Waals surface area contributed by atoms with Crippen LogP contribution in [0.15, 0.2) is 18.2 Å². The Kier molecular flexibility index (Phi) is 3.14. The van der Waals surface area contributed by atoms with Gasteiger partial charge in [-0.15, -0.1) is 0 Å². The maximum atomic E-state index is 12.5. The van der Waals surface area contributed by atoms with Gasteiger partial charge in [0, 0.05) is 12.2 Å². The number of aryl methyl sites for hydroxylation is 1. The molecule has 0 aromatic carbocycles. The van der Waals surface area contributed by atoms with Crippen molar-refractivity contribution in [3.8, 4) is 0 Å². The van der Waals surface area contributed by atoms with Crippen LogP contribution >= 0.6 is 0 Å². The fourth-order valence-electron chi connectivity index (χ4n) is 1.76. The van der Waals surface area contributed by atoms with E-state index in [2.05, 4.69) is 10.3 Å². The van der Waals surface area contributed by atoms with Crippen LogP contribution in [-0.2, 0) is 0 Å². The molecule has 4 nitrogen and oxygen atoms in total. The van der Waals surface area contributed by atoms with Gasteiger partial charge in [-0.05, 0) is 25.5 Å². The molecule has 98 valence electrons. The topological polar surface area (TPSA) is 45.2 Å². The molecule has 2 rings (SSSR count). The molecule has 2 heterocycles. The first-order valence-electron chi connectivity index (χ1n) is 5.46. The number of aromatic nitrogens is 1. The predicted molar refractivity (Wildman–Crippen MR) is 59.2 cm³/mol. The predicted octanol–water partition coefficient (Wildman–Crippen LogP) is 2.56. The number of nitrogens with one attached hydrogen (secondary N) is 1. The lowest BCUT2D eigenvalue weighted by molar-refractivity contribution is -0.198. The Hall–Kier alpha value is -1.79. The van der Waals surface area contributed by atoms with Gasteiger partial charge in [0.2, 0.25) is 0 Å². The van der Waals surface area contributed by atoms with E-state index in [9.17, 15) is 18.0 Å². The van der Waals surface area contributed by atoms with E-state index in [0.717, 1.165) is 4.90 Å². The zero-order valence-electron chi connectivity index (χ0n) is 9.66. The molecule has 1 N–H and O–H groups in total. The molecule has 7 heteroatoms. The van der Waals surface area contributed by atoms with E-state index in [4.69, 9.17) is 0 Å². The summed E-state index contributed by atoms with van der Waals surface area (Å²) in [5.74, 6) is 0.257. The summed E-state index contributed by atoms with van der Waals surface area (Å²) in [4.78, 5) is 16.4. The molecule has 1 aliphatic rings. The number of pyridine rings is 1. The van der Waals surface area contributed by atoms with Crippen LogP contribution in [-0.4, -0.2) is 34.7 Å². The molecule has 1 unspecified atom stereocenters. The summed E-state index contributed by atoms with van der Waals surface area (Å²) in [5.41, 5.74) is 0.684. The average Bonchev–Trinajstić information content (AvgIpc) is 2.11. The summed E-state index contributed by atoms with van der Waals surface area (Å²) in [5, 5.41) is 2.36. The number of nitrogens with zero attached hydrogens (tertiary/aromatic N) is 2. The molecule has 1 aromatic rings. The van der Waals surface area contributed by atoms with E-state index in [1.165, 1.54) is 6.07 Å². The first-order chi connectivity index (χ1) is 8.38. The molecule has 0 spiro atoms. The van der Waals surface area contributed by atoms with Crippen LogP contribution in [0.3, 0.4) is 0 Å². The van der Waals surface area contributed by atoms with Gasteiger partial charge in [-0.25, -0.2) is 9.78 Å². The third-order valence-corrected chi connectivity index (χ3v) is 2.78. The summed E-state index contributed by atoms with van der Waals surface area (Å²) in [7, 11) is 0. The van der Waals surface area contributed by atoms with Gasteiger partial charge in [0.1, 0.15) is 11.9 Å². The van der Waals surface area contributed by atoms with E-state index >= 15 is 0 Å². The van der Waals surface area contributed by atoms with Crippen molar-refractivity contribution in [2.75, 3.05) is 11.9 Å². The third-order valence-electron chi connectivity index (χ3n) is 2.78. The lowest BCUT2D eigenvalue weighted by atomic mass is 10.0. The second kappa shape index (κ2) is 4.47. The Morgan fingerprint density at radius 3 is 2.72 bits per heavy atom. The molecule has 1 saturated heterocycles. The molecule has 2 amide bonds. The summed E-state index contributed by atoms with van der Waals surface area (Å²) in [6.07, 6.45) is -4.41. The van der Waals surface area contributed by atoms with Crippen LogP contribution in [0, 0.1) is 6.92 Å². The summed E-state index contributed by atoms with van der Waals surface area (Å²) in [6, 6.07) is 2.50. The van der Waals surface area contributed by atoms with Crippen LogP contribution in [0.4, 0.5) is 23.8 Å². The number of likely N-dealkylation sites (tertiary alicyclic amines) is 1. The van der Waals surface area contributed by atoms with Gasteiger partial charge in [-0.2, -0.15) is 13.2 Å². The maximum Gasteiger partial charge on any atom is 0.408 e. The molecule has 18 heavy (non-hydrogen) atoms. The average molecular weight is 259 g/mol. The second-order valence-corrected chi connectivity index (χ2v) is 4.13. The number of rotatable bonds is 1. The standard InChI is InChI=1S/C11H12F3N3O/c1-7-3-2-4-9(15-7)16-10(18)17-6-5-8(17)11(12,13)14/h2-4,8H,5-6H2,1H3,(H,15,16,18). The van der Waals surface area contributed by atoms with Gasteiger partial charge < -0.3 is 4.90 Å². The Morgan fingerprint density at radius 1 is 1.50 bits per heavy atom. The molecule has 0 aliphatic carbocycles. The van der Waals surface area contributed by atoms with Crippen molar-refractivity contribution in [1.29, 1.82) is 0 Å². The minimum atomic E-state index is -4.37. The number of anilines is 1. The van der Waals surface area contributed by atoms with E-state index in [-0.39, 0.29) is 18.8 Å². The number of alkyl halides is 3. The minimum Gasteiger partial charge on any atom is -0.312 e. The Morgan fingerprint density at radius 2 is 2.22 bits per heavy atom. The first kappa shape index (κ1) is 12.7. The highest BCUT2D eigenvalue weighted by atomic mass is 19.4. The number of urea groups is 1. The zero-order valence-corrected chi connectivity index (χ0v) is 9.66. The van der Waals surface area contributed by atoms with Gasteiger partial charge in [0.15, 0.2) is 0 Å². The number of carbonyl (C=O) groups excluding carboxylic acids is 1. The SMILES string of the molecule is Cc1cccc(NC(=O)N2CCC2C(F)(F)F)n1. The quantitative estimate of drug-likeness (QED) is 0.842. The highest BCUT2D eigenvalue weighted by Gasteiger charge is 2.50. The molecule has 1 aliphatic heterocycles. The van der Waals surface area contributed by atoms with Crippen LogP contribution in [0.5, 0.6) is 0 Å². The van der Waals surface area contributed by atoms with Gasteiger partial charge >= 0.3 is 12.2 Å². The molecular formula is C11H12F3N3O. The lowest BCUT2D eigenvalue weighted by Crippen LogP contribution is -2.59. The van der Waals surface area contributed by atoms with Crippen LogP contribution < -0.4 is 5.32 Å². The molecular weight excluding hydrogens is 247 g/mol. The van der Waals surface area contributed by atoms with Crippen molar-refractivity contribution in [2.45, 2.75) is 25.6 Å². The van der Waals surface area contributed by atoms with E-state index in [1.807, 2.05) is 0 Å². The highest BCUT2D eigenvalue weighted by Crippen LogP contribution is 2.33. The minimum absolute atomic E-state index is 0.0435. The smallest absolute Gasteiger partial charge is 0.312 e. The highest BCUT2D eigenvalue weighted by molar-refractivity contribution is 5.89. The lowest BCUT2D eigenvalue weighted by Gasteiger charge is -2.41. The van der Waals surface area contributed by atoms with Gasteiger partial charge in [0.25, 0.3) is 0 Å². The zero-order chi connectivity index (χ0) is 13.3. The monoisotopic (exact) mass is 259 g/mol. The molecule has 0 saturated carbocycles. The Labute approximate surface area is 102 Å². The van der Waals surface area contributed by atoms with Crippen molar-refractivity contribution >= 4 is 11.8 Å². The maximum absolute atomic E-state index is 12.5. The molecule has 0 bridgehead atoms.